The van der Waals surface area contributed by atoms with Crippen LogP contribution in [-0.4, -0.2) is 36.8 Å². The van der Waals surface area contributed by atoms with Gasteiger partial charge in [0.05, 0.1) is 11.7 Å². The monoisotopic (exact) mass is 333 g/mol. The highest BCUT2D eigenvalue weighted by molar-refractivity contribution is 6.07. The van der Waals surface area contributed by atoms with Gasteiger partial charge in [-0.1, -0.05) is 48.1 Å². The van der Waals surface area contributed by atoms with Crippen molar-refractivity contribution in [3.05, 3.63) is 70.5 Å². The predicted molar refractivity (Wildman–Crippen MR) is 101 cm³/mol. The van der Waals surface area contributed by atoms with Crippen molar-refractivity contribution in [1.82, 2.24) is 10.2 Å². The number of guanidine groups is 1. The Labute approximate surface area is 148 Å². The largest absolute Gasteiger partial charge is 0.349 e. The third-order valence-corrected chi connectivity index (χ3v) is 5.09. The van der Waals surface area contributed by atoms with Gasteiger partial charge in [0, 0.05) is 25.6 Å². The highest BCUT2D eigenvalue weighted by atomic mass is 16.1. The van der Waals surface area contributed by atoms with Crippen LogP contribution >= 0.6 is 0 Å². The molecule has 4 rings (SSSR count). The molecule has 4 aliphatic rings. The quantitative estimate of drug-likeness (QED) is 0.802. The number of rotatable bonds is 1. The van der Waals surface area contributed by atoms with Gasteiger partial charge in [-0.25, -0.2) is 4.99 Å². The van der Waals surface area contributed by atoms with Crippen molar-refractivity contribution in [2.24, 2.45) is 10.9 Å². The second kappa shape index (κ2) is 6.03. The van der Waals surface area contributed by atoms with Gasteiger partial charge in [0.2, 0.25) is 0 Å². The van der Waals surface area contributed by atoms with Gasteiger partial charge in [-0.2, -0.15) is 0 Å². The summed E-state index contributed by atoms with van der Waals surface area (Å²) in [6.07, 6.45) is 16.3. The average molecular weight is 333 g/mol. The lowest BCUT2D eigenvalue weighted by Gasteiger charge is -2.32. The summed E-state index contributed by atoms with van der Waals surface area (Å²) in [6.45, 7) is 2.11. The summed E-state index contributed by atoms with van der Waals surface area (Å²) < 4.78 is 0. The van der Waals surface area contributed by atoms with E-state index in [-0.39, 0.29) is 17.7 Å². The summed E-state index contributed by atoms with van der Waals surface area (Å²) in [5.74, 6) is 0.921. The van der Waals surface area contributed by atoms with Gasteiger partial charge < -0.3 is 10.2 Å². The van der Waals surface area contributed by atoms with Crippen molar-refractivity contribution in [1.29, 1.82) is 0 Å². The first kappa shape index (κ1) is 15.9. The van der Waals surface area contributed by atoms with Crippen LogP contribution in [0.15, 0.2) is 75.5 Å². The first-order valence-electron chi connectivity index (χ1n) is 8.78. The van der Waals surface area contributed by atoms with Crippen LogP contribution in [0.1, 0.15) is 19.8 Å². The number of nitrogens with zero attached hydrogens (tertiary/aromatic N) is 2. The van der Waals surface area contributed by atoms with Crippen LogP contribution in [0, 0.1) is 5.92 Å². The standard InChI is InChI=1S/C21H23N3O/c1-13-8-4-5-9-14(12-13)17-19-18(22-21(23-19)24(2)3)15-10-6-7-11-16(15)20(17)25/h4-7,9-10,12,16,18H,8,11H2,1-3H3,(H,22,23). The Kier molecular flexibility index (Phi) is 3.83. The Morgan fingerprint density at radius 1 is 1.20 bits per heavy atom. The molecule has 4 nitrogen and oxygen atoms in total. The molecule has 4 heteroatoms. The highest BCUT2D eigenvalue weighted by Crippen LogP contribution is 2.41. The van der Waals surface area contributed by atoms with Crippen molar-refractivity contribution in [2.75, 3.05) is 14.1 Å². The van der Waals surface area contributed by atoms with E-state index in [1.165, 1.54) is 5.57 Å². The fourth-order valence-electron chi connectivity index (χ4n) is 3.83. The van der Waals surface area contributed by atoms with Crippen LogP contribution in [0.3, 0.4) is 0 Å². The van der Waals surface area contributed by atoms with Gasteiger partial charge in [0.1, 0.15) is 0 Å². The van der Waals surface area contributed by atoms with E-state index in [0.717, 1.165) is 41.2 Å². The summed E-state index contributed by atoms with van der Waals surface area (Å²) in [5.41, 5.74) is 5.01. The molecule has 0 amide bonds. The molecule has 3 aliphatic carbocycles. The number of aliphatic imine (C=N–C) groups is 1. The number of nitrogens with one attached hydrogen (secondary N) is 1. The molecule has 0 aromatic heterocycles. The number of ketones is 1. The maximum absolute atomic E-state index is 13.4. The first-order chi connectivity index (χ1) is 12.1. The summed E-state index contributed by atoms with van der Waals surface area (Å²) in [7, 11) is 3.94. The zero-order valence-corrected chi connectivity index (χ0v) is 14.9. The molecule has 25 heavy (non-hydrogen) atoms. The molecule has 0 fully saturated rings. The summed E-state index contributed by atoms with van der Waals surface area (Å²) in [4.78, 5) is 20.1. The van der Waals surface area contributed by atoms with Crippen molar-refractivity contribution < 1.29 is 4.79 Å². The highest BCUT2D eigenvalue weighted by Gasteiger charge is 2.43. The zero-order valence-electron chi connectivity index (χ0n) is 14.9. The summed E-state index contributed by atoms with van der Waals surface area (Å²) in [6, 6.07) is -0.0121. The van der Waals surface area contributed by atoms with E-state index < -0.39 is 0 Å². The fraction of sp³-hybridized carbons (Fsp3) is 0.333. The third-order valence-electron chi connectivity index (χ3n) is 5.09. The average Bonchev–Trinajstić information content (AvgIpc) is 2.93. The van der Waals surface area contributed by atoms with Crippen LogP contribution in [0.5, 0.6) is 0 Å². The summed E-state index contributed by atoms with van der Waals surface area (Å²) in [5, 5.41) is 3.51. The van der Waals surface area contributed by atoms with Crippen LogP contribution in [0.2, 0.25) is 0 Å². The number of fused-ring (bicyclic) bond motifs is 3. The molecule has 128 valence electrons. The first-order valence-corrected chi connectivity index (χ1v) is 8.78. The van der Waals surface area contributed by atoms with E-state index >= 15 is 0 Å². The molecular weight excluding hydrogens is 310 g/mol. The third kappa shape index (κ3) is 2.62. The second-order valence-corrected chi connectivity index (χ2v) is 7.16. The fourth-order valence-corrected chi connectivity index (χ4v) is 3.83. The van der Waals surface area contributed by atoms with Gasteiger partial charge in [-0.3, -0.25) is 4.79 Å². The topological polar surface area (TPSA) is 44.7 Å². The lowest BCUT2D eigenvalue weighted by molar-refractivity contribution is -0.118. The number of Topliss-reactive ketones (excluding diaryl/α,β-unsaturated/α-hetero) is 1. The van der Waals surface area contributed by atoms with E-state index in [4.69, 9.17) is 4.99 Å². The van der Waals surface area contributed by atoms with Crippen LogP contribution in [0.4, 0.5) is 0 Å². The molecule has 0 spiro atoms. The maximum Gasteiger partial charge on any atom is 0.199 e. The molecule has 0 radical (unpaired) electrons. The van der Waals surface area contributed by atoms with E-state index in [1.807, 2.05) is 31.1 Å². The SMILES string of the molecule is CC1=CC(C2=C3N=C(N(C)C)NC3C3=CC=CCC3C2=O)=CC=CC1. The van der Waals surface area contributed by atoms with Crippen LogP contribution in [-0.2, 0) is 4.79 Å². The molecule has 0 saturated heterocycles. The molecule has 0 aromatic carbocycles. The number of hydrogen-bond acceptors (Lipinski definition) is 4. The van der Waals surface area contributed by atoms with Gasteiger partial charge in [0.25, 0.3) is 0 Å². The molecule has 2 atom stereocenters. The van der Waals surface area contributed by atoms with Crippen LogP contribution < -0.4 is 5.32 Å². The summed E-state index contributed by atoms with van der Waals surface area (Å²) >= 11 is 0. The minimum Gasteiger partial charge on any atom is -0.349 e. The Hall–Kier alpha value is -2.62. The molecule has 0 saturated carbocycles. The predicted octanol–water partition coefficient (Wildman–Crippen LogP) is 3.05. The number of carbonyl (C=O) groups excluding carboxylic acids is 1. The Morgan fingerprint density at radius 3 is 2.80 bits per heavy atom. The lowest BCUT2D eigenvalue weighted by Crippen LogP contribution is -2.43. The molecule has 1 heterocycles. The van der Waals surface area contributed by atoms with Crippen molar-refractivity contribution in [2.45, 2.75) is 25.8 Å². The maximum atomic E-state index is 13.4. The molecular formula is C21H23N3O. The Morgan fingerprint density at radius 2 is 2.00 bits per heavy atom. The van der Waals surface area contributed by atoms with Gasteiger partial charge in [0.15, 0.2) is 11.7 Å². The van der Waals surface area contributed by atoms with Crippen molar-refractivity contribution in [3.8, 4) is 0 Å². The van der Waals surface area contributed by atoms with E-state index in [1.54, 1.807) is 0 Å². The van der Waals surface area contributed by atoms with E-state index in [2.05, 4.69) is 42.6 Å². The Balaban J connectivity index is 1.91. The second-order valence-electron chi connectivity index (χ2n) is 7.16. The molecule has 1 N–H and O–H groups in total. The number of hydrogen-bond donors (Lipinski definition) is 1. The van der Waals surface area contributed by atoms with E-state index in [9.17, 15) is 4.79 Å². The smallest absolute Gasteiger partial charge is 0.199 e. The Bertz CT molecular complexity index is 846. The van der Waals surface area contributed by atoms with E-state index in [0.29, 0.717) is 0 Å². The molecule has 1 aliphatic heterocycles. The van der Waals surface area contributed by atoms with Crippen LogP contribution in [0.25, 0.3) is 0 Å². The normalized spacial score (nSPS) is 27.6. The molecule has 0 aromatic rings. The van der Waals surface area contributed by atoms with Gasteiger partial charge >= 0.3 is 0 Å². The van der Waals surface area contributed by atoms with Crippen molar-refractivity contribution in [3.63, 3.8) is 0 Å². The lowest BCUT2D eigenvalue weighted by atomic mass is 9.73. The van der Waals surface area contributed by atoms with Crippen molar-refractivity contribution >= 4 is 11.7 Å². The van der Waals surface area contributed by atoms with Gasteiger partial charge in [-0.05, 0) is 30.9 Å². The minimum atomic E-state index is -0.0835. The number of carbonyl (C=O) groups is 1. The minimum absolute atomic E-state index is 0.0121. The zero-order chi connectivity index (χ0) is 17.6. The van der Waals surface area contributed by atoms with Gasteiger partial charge in [-0.15, -0.1) is 0 Å². The molecule has 2 unspecified atom stereocenters. The molecule has 0 bridgehead atoms. The number of allylic oxidation sites excluding steroid dienone is 10.